The largest absolute Gasteiger partial charge is 0.368 e. The zero-order valence-electron chi connectivity index (χ0n) is 14.5. The van der Waals surface area contributed by atoms with Crippen molar-refractivity contribution < 1.29 is 4.79 Å². The topological polar surface area (TPSA) is 66.6 Å². The third-order valence-electron chi connectivity index (χ3n) is 4.44. The van der Waals surface area contributed by atoms with E-state index in [1.807, 2.05) is 30.0 Å². The molecule has 4 rings (SSSR count). The summed E-state index contributed by atoms with van der Waals surface area (Å²) in [6.45, 7) is 5.08. The number of hydrogen-bond acceptors (Lipinski definition) is 6. The normalized spacial score (nSPS) is 16.0. The monoisotopic (exact) mass is 368 g/mol. The van der Waals surface area contributed by atoms with Crippen LogP contribution in [0.5, 0.6) is 0 Å². The average Bonchev–Trinajstić information content (AvgIpc) is 3.10. The van der Waals surface area contributed by atoms with Crippen LogP contribution < -0.4 is 4.90 Å². The number of anilines is 1. The number of carbonyl (C=O) groups excluding carboxylic acids is 1. The highest BCUT2D eigenvalue weighted by Crippen LogP contribution is 2.23. The molecule has 1 fully saturated rings. The summed E-state index contributed by atoms with van der Waals surface area (Å²) < 4.78 is 1.62. The molecule has 8 heteroatoms. The van der Waals surface area contributed by atoms with Crippen molar-refractivity contribution in [1.82, 2.24) is 24.5 Å². The lowest BCUT2D eigenvalue weighted by atomic mass is 10.2. The average molecular weight is 368 g/mol. The lowest BCUT2D eigenvalue weighted by Gasteiger charge is -2.37. The van der Waals surface area contributed by atoms with Crippen LogP contribution in [0.4, 0.5) is 5.69 Å². The third kappa shape index (κ3) is 3.50. The van der Waals surface area contributed by atoms with Crippen molar-refractivity contribution in [1.29, 1.82) is 0 Å². The van der Waals surface area contributed by atoms with Crippen molar-refractivity contribution in [3.8, 4) is 0 Å². The standard InChI is InChI=1S/C18H20N6OS/c1-14(26-18-20-17-19-8-5-9-24(17)21-18)16(25)23-12-10-22(11-13-23)15-6-3-2-4-7-15/h2-9,14H,10-13H2,1H3/t14-/m1/s1. The Morgan fingerprint density at radius 3 is 2.62 bits per heavy atom. The number of amides is 1. The first-order valence-electron chi connectivity index (χ1n) is 8.63. The molecule has 1 aliphatic heterocycles. The van der Waals surface area contributed by atoms with Gasteiger partial charge in [-0.3, -0.25) is 4.79 Å². The molecule has 7 nitrogen and oxygen atoms in total. The highest BCUT2D eigenvalue weighted by Gasteiger charge is 2.26. The van der Waals surface area contributed by atoms with Crippen LogP contribution in [0.15, 0.2) is 53.9 Å². The number of fused-ring (bicyclic) bond motifs is 1. The molecule has 134 valence electrons. The van der Waals surface area contributed by atoms with E-state index in [0.29, 0.717) is 10.9 Å². The van der Waals surface area contributed by atoms with Gasteiger partial charge in [0.15, 0.2) is 0 Å². The molecule has 3 aromatic rings. The highest BCUT2D eigenvalue weighted by molar-refractivity contribution is 8.00. The van der Waals surface area contributed by atoms with E-state index in [0.717, 1.165) is 26.2 Å². The first-order chi connectivity index (χ1) is 12.7. The maximum atomic E-state index is 12.8. The molecule has 1 atom stereocenters. The zero-order chi connectivity index (χ0) is 17.9. The number of rotatable bonds is 4. The molecule has 26 heavy (non-hydrogen) atoms. The first kappa shape index (κ1) is 16.8. The number of benzene rings is 1. The molecule has 0 saturated carbocycles. The summed E-state index contributed by atoms with van der Waals surface area (Å²) in [7, 11) is 0. The highest BCUT2D eigenvalue weighted by atomic mass is 32.2. The van der Waals surface area contributed by atoms with Gasteiger partial charge in [0, 0.05) is 44.3 Å². The summed E-state index contributed by atoms with van der Waals surface area (Å²) in [6.07, 6.45) is 3.48. The van der Waals surface area contributed by atoms with Crippen LogP contribution in [0, 0.1) is 0 Å². The van der Waals surface area contributed by atoms with E-state index in [1.54, 1.807) is 23.0 Å². The second kappa shape index (κ2) is 7.33. The van der Waals surface area contributed by atoms with Gasteiger partial charge < -0.3 is 9.80 Å². The minimum atomic E-state index is -0.226. The zero-order valence-corrected chi connectivity index (χ0v) is 15.3. The SMILES string of the molecule is C[C@@H](Sc1nc2ncccn2n1)C(=O)N1CCN(c2ccccc2)CC1. The predicted octanol–water partition coefficient (Wildman–Crippen LogP) is 1.95. The number of hydrogen-bond donors (Lipinski definition) is 0. The fraction of sp³-hybridized carbons (Fsp3) is 0.333. The van der Waals surface area contributed by atoms with Crippen LogP contribution in [-0.2, 0) is 4.79 Å². The second-order valence-corrected chi connectivity index (χ2v) is 7.47. The fourth-order valence-corrected chi connectivity index (χ4v) is 3.89. The minimum Gasteiger partial charge on any atom is -0.368 e. The van der Waals surface area contributed by atoms with Gasteiger partial charge in [-0.25, -0.2) is 9.50 Å². The van der Waals surface area contributed by atoms with Crippen molar-refractivity contribution in [2.75, 3.05) is 31.1 Å². The van der Waals surface area contributed by atoms with Gasteiger partial charge in [0.1, 0.15) is 0 Å². The molecule has 2 aromatic heterocycles. The Balaban J connectivity index is 1.35. The summed E-state index contributed by atoms with van der Waals surface area (Å²) in [4.78, 5) is 25.5. The molecular formula is C18H20N6OS. The van der Waals surface area contributed by atoms with Crippen molar-refractivity contribution in [2.45, 2.75) is 17.3 Å². The van der Waals surface area contributed by atoms with E-state index >= 15 is 0 Å². The molecule has 0 N–H and O–H groups in total. The van der Waals surface area contributed by atoms with Gasteiger partial charge in [-0.2, -0.15) is 4.98 Å². The van der Waals surface area contributed by atoms with E-state index in [2.05, 4.69) is 32.1 Å². The van der Waals surface area contributed by atoms with Crippen LogP contribution in [-0.4, -0.2) is 61.8 Å². The molecule has 0 aliphatic carbocycles. The van der Waals surface area contributed by atoms with Crippen LogP contribution >= 0.6 is 11.8 Å². The van der Waals surface area contributed by atoms with E-state index in [-0.39, 0.29) is 11.2 Å². The number of thioether (sulfide) groups is 1. The van der Waals surface area contributed by atoms with E-state index in [9.17, 15) is 4.79 Å². The van der Waals surface area contributed by atoms with Gasteiger partial charge in [-0.15, -0.1) is 5.10 Å². The number of para-hydroxylation sites is 1. The van der Waals surface area contributed by atoms with Crippen LogP contribution in [0.3, 0.4) is 0 Å². The Morgan fingerprint density at radius 2 is 1.88 bits per heavy atom. The van der Waals surface area contributed by atoms with E-state index in [4.69, 9.17) is 0 Å². The summed E-state index contributed by atoms with van der Waals surface area (Å²) in [5.74, 6) is 0.681. The maximum absolute atomic E-state index is 12.8. The first-order valence-corrected chi connectivity index (χ1v) is 9.51. The second-order valence-electron chi connectivity index (χ2n) is 6.17. The number of carbonyl (C=O) groups is 1. The Labute approximate surface area is 156 Å². The van der Waals surface area contributed by atoms with Crippen molar-refractivity contribution >= 4 is 29.1 Å². The number of aromatic nitrogens is 4. The van der Waals surface area contributed by atoms with Gasteiger partial charge >= 0.3 is 0 Å². The fourth-order valence-electron chi connectivity index (χ4n) is 3.05. The number of piperazine rings is 1. The molecule has 0 bridgehead atoms. The van der Waals surface area contributed by atoms with Crippen molar-refractivity contribution in [2.24, 2.45) is 0 Å². The van der Waals surface area contributed by atoms with Gasteiger partial charge in [-0.05, 0) is 25.1 Å². The van der Waals surface area contributed by atoms with Crippen LogP contribution in [0.25, 0.3) is 5.78 Å². The molecular weight excluding hydrogens is 348 g/mol. The molecule has 1 aliphatic rings. The lowest BCUT2D eigenvalue weighted by Crippen LogP contribution is -2.50. The Hall–Kier alpha value is -2.61. The minimum absolute atomic E-state index is 0.134. The molecule has 1 amide bonds. The maximum Gasteiger partial charge on any atom is 0.253 e. The quantitative estimate of drug-likeness (QED) is 0.656. The van der Waals surface area contributed by atoms with Gasteiger partial charge in [-0.1, -0.05) is 30.0 Å². The smallest absolute Gasteiger partial charge is 0.253 e. The van der Waals surface area contributed by atoms with Crippen molar-refractivity contribution in [3.63, 3.8) is 0 Å². The lowest BCUT2D eigenvalue weighted by molar-refractivity contribution is -0.130. The molecule has 0 spiro atoms. The molecule has 3 heterocycles. The summed E-state index contributed by atoms with van der Waals surface area (Å²) >= 11 is 1.38. The summed E-state index contributed by atoms with van der Waals surface area (Å²) in [5, 5.41) is 4.71. The Morgan fingerprint density at radius 1 is 1.12 bits per heavy atom. The third-order valence-corrected chi connectivity index (χ3v) is 5.38. The van der Waals surface area contributed by atoms with Gasteiger partial charge in [0.2, 0.25) is 11.1 Å². The van der Waals surface area contributed by atoms with Crippen molar-refractivity contribution in [3.05, 3.63) is 48.8 Å². The van der Waals surface area contributed by atoms with Gasteiger partial charge in [0.05, 0.1) is 5.25 Å². The molecule has 1 aromatic carbocycles. The van der Waals surface area contributed by atoms with Crippen LogP contribution in [0.2, 0.25) is 0 Å². The number of nitrogens with zero attached hydrogens (tertiary/aromatic N) is 6. The van der Waals surface area contributed by atoms with E-state index in [1.165, 1.54) is 17.4 Å². The molecule has 0 unspecified atom stereocenters. The van der Waals surface area contributed by atoms with Crippen LogP contribution in [0.1, 0.15) is 6.92 Å². The molecule has 0 radical (unpaired) electrons. The van der Waals surface area contributed by atoms with Gasteiger partial charge in [0.25, 0.3) is 5.78 Å². The molecule has 1 saturated heterocycles. The Bertz CT molecular complexity index is 858. The predicted molar refractivity (Wildman–Crippen MR) is 101 cm³/mol. The summed E-state index contributed by atoms with van der Waals surface area (Å²) in [6, 6.07) is 12.1. The summed E-state index contributed by atoms with van der Waals surface area (Å²) in [5.41, 5.74) is 1.21. The van der Waals surface area contributed by atoms with E-state index < -0.39 is 0 Å². The Kier molecular flexibility index (Phi) is 4.75.